The van der Waals surface area contributed by atoms with Gasteiger partial charge in [0.2, 0.25) is 0 Å². The van der Waals surface area contributed by atoms with Crippen molar-refractivity contribution >= 4 is 37.1 Å². The van der Waals surface area contributed by atoms with E-state index in [1.807, 2.05) is 24.3 Å². The molecule has 0 saturated carbocycles. The van der Waals surface area contributed by atoms with E-state index in [1.165, 1.54) is 13.2 Å². The summed E-state index contributed by atoms with van der Waals surface area (Å²) in [6.07, 6.45) is -4.16. The van der Waals surface area contributed by atoms with Crippen molar-refractivity contribution in [3.05, 3.63) is 90.0 Å². The molecule has 0 bridgehead atoms. The summed E-state index contributed by atoms with van der Waals surface area (Å²) >= 11 is 0. The Balaban J connectivity index is 1.87. The van der Waals surface area contributed by atoms with Crippen molar-refractivity contribution in [2.75, 3.05) is 7.11 Å². The molecule has 1 aliphatic carbocycles. The fourth-order valence-electron chi connectivity index (χ4n) is 4.26. The lowest BCUT2D eigenvalue weighted by atomic mass is 9.84. The molecule has 3 aromatic rings. The average molecular weight is 537 g/mol. The highest BCUT2D eigenvalue weighted by Crippen LogP contribution is 2.38. The van der Waals surface area contributed by atoms with Crippen LogP contribution >= 0.6 is 0 Å². The highest BCUT2D eigenvalue weighted by molar-refractivity contribution is 7.81. The molecule has 0 heterocycles. The zero-order chi connectivity index (χ0) is 25.9. The summed E-state index contributed by atoms with van der Waals surface area (Å²) in [5, 5.41) is 1.50. The Morgan fingerprint density at radius 2 is 1.42 bits per heavy atom. The average Bonchev–Trinajstić information content (AvgIpc) is 2.83. The minimum absolute atomic E-state index is 0.0211. The van der Waals surface area contributed by atoms with E-state index < -0.39 is 45.2 Å². The van der Waals surface area contributed by atoms with E-state index in [2.05, 4.69) is 0 Å². The fourth-order valence-corrected chi connectivity index (χ4v) is 5.23. The summed E-state index contributed by atoms with van der Waals surface area (Å²) in [5.41, 5.74) is 1.37. The Kier molecular flexibility index (Phi) is 7.87. The van der Waals surface area contributed by atoms with Gasteiger partial charge >= 0.3 is 20.8 Å². The van der Waals surface area contributed by atoms with Crippen LogP contribution in [-0.2, 0) is 45.2 Å². The van der Waals surface area contributed by atoms with Gasteiger partial charge in [-0.1, -0.05) is 72.8 Å². The standard InChI is InChI=1S/C24H24O10S2/c1-31-21-14-20(19-13-7-11-17-10-5-6-12-18(17)19)22(33-35(25,26)27)24(34-36(28,29)30)23(21)32-15-16-8-3-2-4-9-16/h2-14,21-24H,15H2,1H3,(H,25,26,27)(H,28,29,30)/t21-,22+,23+,24+/m0/s1. The molecule has 4 rings (SSSR count). The first-order valence-electron chi connectivity index (χ1n) is 10.8. The first-order valence-corrected chi connectivity index (χ1v) is 13.5. The normalized spacial score (nSPS) is 22.9. The number of hydrogen-bond acceptors (Lipinski definition) is 8. The van der Waals surface area contributed by atoms with E-state index in [9.17, 15) is 25.9 Å². The van der Waals surface area contributed by atoms with Gasteiger partial charge in [-0.2, -0.15) is 16.8 Å². The third-order valence-corrected chi connectivity index (χ3v) is 6.63. The number of methoxy groups -OCH3 is 1. The maximum absolute atomic E-state index is 11.9. The molecule has 0 saturated heterocycles. The van der Waals surface area contributed by atoms with E-state index in [1.54, 1.807) is 48.5 Å². The van der Waals surface area contributed by atoms with Crippen molar-refractivity contribution in [1.29, 1.82) is 0 Å². The van der Waals surface area contributed by atoms with Crippen molar-refractivity contribution < 1.29 is 43.8 Å². The van der Waals surface area contributed by atoms with Crippen LogP contribution in [0.5, 0.6) is 0 Å². The molecular formula is C24H24O10S2. The summed E-state index contributed by atoms with van der Waals surface area (Å²) in [7, 11) is -8.89. The SMILES string of the molecule is CO[C@H]1C=C(c2cccc3ccccc23)[C@@H](OS(=O)(=O)O)[C@@H](OS(=O)(=O)O)[C@@H]1OCc1ccccc1. The highest BCUT2D eigenvalue weighted by Gasteiger charge is 2.47. The second kappa shape index (κ2) is 10.7. The lowest BCUT2D eigenvalue weighted by Gasteiger charge is -2.39. The van der Waals surface area contributed by atoms with Crippen LogP contribution < -0.4 is 0 Å². The maximum Gasteiger partial charge on any atom is 0.398 e. The molecule has 2 N–H and O–H groups in total. The van der Waals surface area contributed by atoms with Crippen LogP contribution in [0.15, 0.2) is 78.9 Å². The smallest absolute Gasteiger partial charge is 0.375 e. The van der Waals surface area contributed by atoms with Gasteiger partial charge in [0.15, 0.2) is 0 Å². The first kappa shape index (κ1) is 26.4. The Morgan fingerprint density at radius 3 is 2.08 bits per heavy atom. The van der Waals surface area contributed by atoms with Crippen LogP contribution in [0.3, 0.4) is 0 Å². The summed E-state index contributed by atoms with van der Waals surface area (Å²) in [6, 6.07) is 21.4. The number of ether oxygens (including phenoxy) is 2. The van der Waals surface area contributed by atoms with Crippen LogP contribution in [0.4, 0.5) is 0 Å². The largest absolute Gasteiger partial charge is 0.398 e. The maximum atomic E-state index is 11.9. The molecule has 0 aliphatic heterocycles. The fraction of sp³-hybridized carbons (Fsp3) is 0.250. The molecule has 36 heavy (non-hydrogen) atoms. The lowest BCUT2D eigenvalue weighted by molar-refractivity contribution is -0.119. The first-order chi connectivity index (χ1) is 17.1. The molecule has 10 nitrogen and oxygen atoms in total. The molecule has 0 unspecified atom stereocenters. The van der Waals surface area contributed by atoms with Gasteiger partial charge in [-0.05, 0) is 33.5 Å². The van der Waals surface area contributed by atoms with Crippen molar-refractivity contribution in [2.24, 2.45) is 0 Å². The second-order valence-corrected chi connectivity index (χ2v) is 10.1. The molecule has 0 fully saturated rings. The van der Waals surface area contributed by atoms with Gasteiger partial charge in [-0.15, -0.1) is 0 Å². The van der Waals surface area contributed by atoms with Crippen LogP contribution in [0.2, 0.25) is 0 Å². The Bertz CT molecular complexity index is 1450. The summed E-state index contributed by atoms with van der Waals surface area (Å²) in [5.74, 6) is 0. The molecule has 3 aromatic carbocycles. The third-order valence-electron chi connectivity index (χ3n) is 5.71. The van der Waals surface area contributed by atoms with Gasteiger partial charge in [0.25, 0.3) is 0 Å². The Morgan fingerprint density at radius 1 is 0.778 bits per heavy atom. The minimum atomic E-state index is -5.13. The molecule has 0 spiro atoms. The van der Waals surface area contributed by atoms with Crippen molar-refractivity contribution in [3.63, 3.8) is 0 Å². The number of hydrogen-bond donors (Lipinski definition) is 2. The number of rotatable bonds is 9. The molecule has 0 amide bonds. The topological polar surface area (TPSA) is 146 Å². The van der Waals surface area contributed by atoms with Gasteiger partial charge in [-0.3, -0.25) is 9.11 Å². The Labute approximate surface area is 209 Å². The van der Waals surface area contributed by atoms with Crippen molar-refractivity contribution in [2.45, 2.75) is 31.0 Å². The van der Waals surface area contributed by atoms with Crippen LogP contribution in [0.1, 0.15) is 11.1 Å². The molecule has 1 aliphatic rings. The molecule has 0 radical (unpaired) electrons. The van der Waals surface area contributed by atoms with Gasteiger partial charge in [0.05, 0.1) is 6.61 Å². The molecule has 4 atom stereocenters. The molecule has 0 aromatic heterocycles. The van der Waals surface area contributed by atoms with E-state index >= 15 is 0 Å². The number of fused-ring (bicyclic) bond motifs is 1. The van der Waals surface area contributed by atoms with Gasteiger partial charge < -0.3 is 9.47 Å². The van der Waals surface area contributed by atoms with Crippen LogP contribution in [-0.4, -0.2) is 57.5 Å². The monoisotopic (exact) mass is 536 g/mol. The summed E-state index contributed by atoms with van der Waals surface area (Å²) in [6.45, 7) is -0.0211. The van der Waals surface area contributed by atoms with E-state index in [-0.39, 0.29) is 12.2 Å². The quantitative estimate of drug-likeness (QED) is 0.391. The predicted molar refractivity (Wildman–Crippen MR) is 131 cm³/mol. The van der Waals surface area contributed by atoms with Crippen LogP contribution in [0, 0.1) is 0 Å². The van der Waals surface area contributed by atoms with Gasteiger partial charge in [-0.25, -0.2) is 8.37 Å². The van der Waals surface area contributed by atoms with E-state index in [0.29, 0.717) is 10.9 Å². The highest BCUT2D eigenvalue weighted by atomic mass is 32.3. The van der Waals surface area contributed by atoms with Crippen molar-refractivity contribution in [3.8, 4) is 0 Å². The lowest BCUT2D eigenvalue weighted by Crippen LogP contribution is -2.53. The van der Waals surface area contributed by atoms with Gasteiger partial charge in [0, 0.05) is 7.11 Å². The number of benzene rings is 3. The van der Waals surface area contributed by atoms with Gasteiger partial charge in [0.1, 0.15) is 24.4 Å². The van der Waals surface area contributed by atoms with E-state index in [0.717, 1.165) is 10.9 Å². The minimum Gasteiger partial charge on any atom is -0.375 e. The van der Waals surface area contributed by atoms with Crippen molar-refractivity contribution in [1.82, 2.24) is 0 Å². The summed E-state index contributed by atoms with van der Waals surface area (Å²) < 4.78 is 87.8. The van der Waals surface area contributed by atoms with E-state index in [4.69, 9.17) is 17.8 Å². The summed E-state index contributed by atoms with van der Waals surface area (Å²) in [4.78, 5) is 0. The zero-order valence-corrected chi connectivity index (χ0v) is 20.6. The Hall–Kier alpha value is -2.68. The molecular weight excluding hydrogens is 512 g/mol. The molecule has 192 valence electrons. The van der Waals surface area contributed by atoms with Crippen LogP contribution in [0.25, 0.3) is 16.3 Å². The molecule has 12 heteroatoms. The third kappa shape index (κ3) is 6.35. The second-order valence-electron chi connectivity index (χ2n) is 8.04. The predicted octanol–water partition coefficient (Wildman–Crippen LogP) is 3.21. The zero-order valence-electron chi connectivity index (χ0n) is 19.0.